The lowest BCUT2D eigenvalue weighted by atomic mass is 9.87. The van der Waals surface area contributed by atoms with E-state index in [1.807, 2.05) is 20.8 Å². The largest absolute Gasteiger partial charge is 0.444 e. The van der Waals surface area contributed by atoms with E-state index in [-0.39, 0.29) is 12.1 Å². The SMILES string of the molecule is CC1CN(C(=O)OC(C)(C)C)CC(C)C1N. The number of hydrogen-bond donors (Lipinski definition) is 1. The molecule has 1 aliphatic rings. The van der Waals surface area contributed by atoms with Crippen molar-refractivity contribution in [1.29, 1.82) is 0 Å². The summed E-state index contributed by atoms with van der Waals surface area (Å²) in [5.74, 6) is 0.660. The van der Waals surface area contributed by atoms with Crippen LogP contribution in [-0.2, 0) is 4.74 Å². The molecule has 2 atom stereocenters. The monoisotopic (exact) mass is 228 g/mol. The van der Waals surface area contributed by atoms with E-state index in [0.717, 1.165) is 0 Å². The van der Waals surface area contributed by atoms with Gasteiger partial charge < -0.3 is 15.4 Å². The summed E-state index contributed by atoms with van der Waals surface area (Å²) >= 11 is 0. The Morgan fingerprint density at radius 1 is 1.25 bits per heavy atom. The van der Waals surface area contributed by atoms with Crippen molar-refractivity contribution in [3.8, 4) is 0 Å². The number of nitrogens with zero attached hydrogens (tertiary/aromatic N) is 1. The third-order valence-electron chi connectivity index (χ3n) is 2.98. The number of hydrogen-bond acceptors (Lipinski definition) is 3. The van der Waals surface area contributed by atoms with Crippen molar-refractivity contribution in [3.05, 3.63) is 0 Å². The molecule has 2 N–H and O–H groups in total. The van der Waals surface area contributed by atoms with Gasteiger partial charge in [0.2, 0.25) is 0 Å². The second-order valence-corrected chi connectivity index (χ2v) is 5.92. The molecule has 1 fully saturated rings. The van der Waals surface area contributed by atoms with Crippen molar-refractivity contribution in [1.82, 2.24) is 4.90 Å². The van der Waals surface area contributed by atoms with Crippen LogP contribution in [0, 0.1) is 11.8 Å². The summed E-state index contributed by atoms with van der Waals surface area (Å²) in [6.45, 7) is 11.2. The van der Waals surface area contributed by atoms with E-state index in [1.54, 1.807) is 4.90 Å². The third kappa shape index (κ3) is 3.37. The van der Waals surface area contributed by atoms with Crippen LogP contribution in [0.1, 0.15) is 34.6 Å². The molecule has 1 saturated heterocycles. The molecule has 0 aromatic heterocycles. The Hall–Kier alpha value is -0.770. The molecule has 0 saturated carbocycles. The highest BCUT2D eigenvalue weighted by atomic mass is 16.6. The fourth-order valence-electron chi connectivity index (χ4n) is 2.05. The van der Waals surface area contributed by atoms with Crippen LogP contribution in [0.3, 0.4) is 0 Å². The molecule has 0 bridgehead atoms. The van der Waals surface area contributed by atoms with E-state index < -0.39 is 5.60 Å². The minimum atomic E-state index is -0.427. The third-order valence-corrected chi connectivity index (χ3v) is 2.98. The molecule has 1 amide bonds. The highest BCUT2D eigenvalue weighted by molar-refractivity contribution is 5.68. The first-order valence-corrected chi connectivity index (χ1v) is 5.94. The fourth-order valence-corrected chi connectivity index (χ4v) is 2.05. The van der Waals surface area contributed by atoms with Gasteiger partial charge in [0.05, 0.1) is 0 Å². The van der Waals surface area contributed by atoms with Gasteiger partial charge in [0, 0.05) is 19.1 Å². The van der Waals surface area contributed by atoms with Gasteiger partial charge in [-0.05, 0) is 32.6 Å². The van der Waals surface area contributed by atoms with Gasteiger partial charge in [0.15, 0.2) is 0 Å². The topological polar surface area (TPSA) is 55.6 Å². The zero-order valence-corrected chi connectivity index (χ0v) is 11.0. The second-order valence-electron chi connectivity index (χ2n) is 5.92. The fraction of sp³-hybridized carbons (Fsp3) is 0.917. The van der Waals surface area contributed by atoms with Crippen LogP contribution < -0.4 is 5.73 Å². The molecule has 2 unspecified atom stereocenters. The number of rotatable bonds is 0. The molecule has 1 rings (SSSR count). The van der Waals surface area contributed by atoms with Crippen molar-refractivity contribution in [2.75, 3.05) is 13.1 Å². The normalized spacial score (nSPS) is 31.4. The second kappa shape index (κ2) is 4.62. The standard InChI is InChI=1S/C12H24N2O2/c1-8-6-14(7-9(2)10(8)13)11(15)16-12(3,4)5/h8-10H,6-7,13H2,1-5H3. The smallest absolute Gasteiger partial charge is 0.410 e. The first-order valence-electron chi connectivity index (χ1n) is 5.94. The highest BCUT2D eigenvalue weighted by Crippen LogP contribution is 2.22. The number of amides is 1. The van der Waals surface area contributed by atoms with E-state index in [2.05, 4.69) is 13.8 Å². The van der Waals surface area contributed by atoms with Gasteiger partial charge in [-0.1, -0.05) is 13.8 Å². The zero-order valence-electron chi connectivity index (χ0n) is 11.0. The lowest BCUT2D eigenvalue weighted by molar-refractivity contribution is 0.00920. The minimum absolute atomic E-state index is 0.179. The molecule has 0 spiro atoms. The van der Waals surface area contributed by atoms with Gasteiger partial charge in [-0.25, -0.2) is 4.79 Å². The molecule has 0 aromatic carbocycles. The number of ether oxygens (including phenoxy) is 1. The van der Waals surface area contributed by atoms with Crippen LogP contribution in [-0.4, -0.2) is 35.7 Å². The maximum atomic E-state index is 11.9. The average molecular weight is 228 g/mol. The quantitative estimate of drug-likeness (QED) is 0.688. The summed E-state index contributed by atoms with van der Waals surface area (Å²) in [5.41, 5.74) is 5.61. The van der Waals surface area contributed by atoms with Gasteiger partial charge in [0.25, 0.3) is 0 Å². The summed E-state index contributed by atoms with van der Waals surface area (Å²) in [7, 11) is 0. The van der Waals surface area contributed by atoms with E-state index in [9.17, 15) is 4.79 Å². The predicted molar refractivity (Wildman–Crippen MR) is 64.1 cm³/mol. The van der Waals surface area contributed by atoms with E-state index in [1.165, 1.54) is 0 Å². The van der Waals surface area contributed by atoms with Crippen LogP contribution in [0.5, 0.6) is 0 Å². The molecule has 0 aromatic rings. The number of carbonyl (C=O) groups excluding carboxylic acids is 1. The van der Waals surface area contributed by atoms with E-state index >= 15 is 0 Å². The Labute approximate surface area is 98.1 Å². The van der Waals surface area contributed by atoms with E-state index in [0.29, 0.717) is 24.9 Å². The maximum Gasteiger partial charge on any atom is 0.410 e. The van der Waals surface area contributed by atoms with Crippen molar-refractivity contribution in [2.45, 2.75) is 46.3 Å². The summed E-state index contributed by atoms with van der Waals surface area (Å²) in [6, 6.07) is 0.179. The summed E-state index contributed by atoms with van der Waals surface area (Å²) in [5, 5.41) is 0. The van der Waals surface area contributed by atoms with Crippen molar-refractivity contribution >= 4 is 6.09 Å². The van der Waals surface area contributed by atoms with Crippen molar-refractivity contribution in [2.24, 2.45) is 17.6 Å². The number of carbonyl (C=O) groups is 1. The van der Waals surface area contributed by atoms with Gasteiger partial charge in [0.1, 0.15) is 5.60 Å². The van der Waals surface area contributed by atoms with Crippen LogP contribution in [0.15, 0.2) is 0 Å². The summed E-state index contributed by atoms with van der Waals surface area (Å²) in [6.07, 6.45) is -0.224. The first-order chi connectivity index (χ1) is 7.20. The van der Waals surface area contributed by atoms with Gasteiger partial charge in [-0.2, -0.15) is 0 Å². The Kier molecular flexibility index (Phi) is 3.84. The van der Waals surface area contributed by atoms with Crippen LogP contribution in [0.25, 0.3) is 0 Å². The Morgan fingerprint density at radius 2 is 1.69 bits per heavy atom. The Morgan fingerprint density at radius 3 is 2.06 bits per heavy atom. The van der Waals surface area contributed by atoms with Crippen LogP contribution in [0.2, 0.25) is 0 Å². The van der Waals surface area contributed by atoms with E-state index in [4.69, 9.17) is 10.5 Å². The molecule has 16 heavy (non-hydrogen) atoms. The zero-order chi connectivity index (χ0) is 12.5. The molecule has 1 aliphatic heterocycles. The molecule has 4 nitrogen and oxygen atoms in total. The maximum absolute atomic E-state index is 11.9. The van der Waals surface area contributed by atoms with Gasteiger partial charge >= 0.3 is 6.09 Å². The number of piperidine rings is 1. The highest BCUT2D eigenvalue weighted by Gasteiger charge is 2.33. The van der Waals surface area contributed by atoms with Crippen molar-refractivity contribution < 1.29 is 9.53 Å². The molecule has 1 heterocycles. The Balaban J connectivity index is 2.58. The van der Waals surface area contributed by atoms with Crippen LogP contribution >= 0.6 is 0 Å². The van der Waals surface area contributed by atoms with Crippen molar-refractivity contribution in [3.63, 3.8) is 0 Å². The molecule has 0 radical (unpaired) electrons. The molecule has 94 valence electrons. The summed E-state index contributed by atoms with van der Waals surface area (Å²) < 4.78 is 5.36. The van der Waals surface area contributed by atoms with Gasteiger partial charge in [-0.3, -0.25) is 0 Å². The lowest BCUT2D eigenvalue weighted by Gasteiger charge is -2.39. The first kappa shape index (κ1) is 13.3. The average Bonchev–Trinajstić information content (AvgIpc) is 2.10. The van der Waals surface area contributed by atoms with Crippen LogP contribution in [0.4, 0.5) is 4.79 Å². The molecular formula is C12H24N2O2. The molecular weight excluding hydrogens is 204 g/mol. The Bertz CT molecular complexity index is 248. The van der Waals surface area contributed by atoms with Gasteiger partial charge in [-0.15, -0.1) is 0 Å². The number of likely N-dealkylation sites (tertiary alicyclic amines) is 1. The molecule has 0 aliphatic carbocycles. The lowest BCUT2D eigenvalue weighted by Crippen LogP contribution is -2.53. The predicted octanol–water partition coefficient (Wildman–Crippen LogP) is 1.84. The molecule has 4 heteroatoms. The minimum Gasteiger partial charge on any atom is -0.444 e. The number of nitrogens with two attached hydrogens (primary N) is 1. The summed E-state index contributed by atoms with van der Waals surface area (Å²) in [4.78, 5) is 13.6.